The Balaban J connectivity index is 2.16. The van der Waals surface area contributed by atoms with Crippen molar-refractivity contribution in [3.05, 3.63) is 45.3 Å². The molecule has 0 radical (unpaired) electrons. The Morgan fingerprint density at radius 1 is 1.26 bits per heavy atom. The summed E-state index contributed by atoms with van der Waals surface area (Å²) in [6.45, 7) is 17.7. The van der Waals surface area contributed by atoms with Gasteiger partial charge in [0.15, 0.2) is 8.32 Å². The van der Waals surface area contributed by atoms with Crippen molar-refractivity contribution in [2.24, 2.45) is 11.0 Å². The molecule has 1 aromatic carbocycles. The van der Waals surface area contributed by atoms with Crippen LogP contribution in [0.3, 0.4) is 0 Å². The van der Waals surface area contributed by atoms with Crippen molar-refractivity contribution in [1.29, 1.82) is 0 Å². The Kier molecular flexibility index (Phi) is 7.51. The average Bonchev–Trinajstić information content (AvgIpc) is 2.95. The predicted octanol–water partition coefficient (Wildman–Crippen LogP) is 6.60. The van der Waals surface area contributed by atoms with E-state index in [0.29, 0.717) is 13.2 Å². The fourth-order valence-corrected chi connectivity index (χ4v) is 4.49. The Bertz CT molecular complexity index is 851. The molecule has 1 aromatic rings. The Labute approximate surface area is 187 Å². The van der Waals surface area contributed by atoms with Gasteiger partial charge in [0, 0.05) is 25.1 Å². The third-order valence-electron chi connectivity index (χ3n) is 6.22. The molecule has 31 heavy (non-hydrogen) atoms. The lowest BCUT2D eigenvalue weighted by Gasteiger charge is -2.37. The SMILES string of the molecule is CN(Cc1ccc2c(c1)[C@H](N=[N+]=[N-])[C@@H](CO[Si](C)(C)C(C)(C)C)C2)C(=O)OC(C)(C)C. The highest BCUT2D eigenvalue weighted by atomic mass is 28.4. The van der Waals surface area contributed by atoms with Crippen molar-refractivity contribution in [2.75, 3.05) is 13.7 Å². The molecule has 0 saturated carbocycles. The number of rotatable bonds is 6. The number of carbonyl (C=O) groups excluding carboxylic acids is 1. The molecule has 8 heteroatoms. The first-order chi connectivity index (χ1) is 14.1. The molecule has 0 N–H and O–H groups in total. The van der Waals surface area contributed by atoms with Gasteiger partial charge in [-0.3, -0.25) is 0 Å². The fraction of sp³-hybridized carbons (Fsp3) is 0.696. The van der Waals surface area contributed by atoms with Crippen LogP contribution < -0.4 is 0 Å². The molecular weight excluding hydrogens is 408 g/mol. The van der Waals surface area contributed by atoms with Gasteiger partial charge < -0.3 is 14.1 Å². The second kappa shape index (κ2) is 9.23. The van der Waals surface area contributed by atoms with E-state index < -0.39 is 13.9 Å². The summed E-state index contributed by atoms with van der Waals surface area (Å²) in [5.41, 5.74) is 11.9. The van der Waals surface area contributed by atoms with Crippen LogP contribution in [0.2, 0.25) is 18.1 Å². The van der Waals surface area contributed by atoms with Gasteiger partial charge in [-0.2, -0.15) is 0 Å². The summed E-state index contributed by atoms with van der Waals surface area (Å²) in [6, 6.07) is 5.92. The zero-order chi connectivity index (χ0) is 23.6. The highest BCUT2D eigenvalue weighted by molar-refractivity contribution is 6.74. The molecule has 0 saturated heterocycles. The number of benzene rings is 1. The van der Waals surface area contributed by atoms with Crippen molar-refractivity contribution in [3.63, 3.8) is 0 Å². The van der Waals surface area contributed by atoms with Crippen LogP contribution in [0.5, 0.6) is 0 Å². The zero-order valence-electron chi connectivity index (χ0n) is 20.5. The fourth-order valence-electron chi connectivity index (χ4n) is 3.42. The van der Waals surface area contributed by atoms with Gasteiger partial charge in [0.25, 0.3) is 0 Å². The van der Waals surface area contributed by atoms with Crippen LogP contribution in [0.4, 0.5) is 4.79 Å². The summed E-state index contributed by atoms with van der Waals surface area (Å²) in [5.74, 6) is 0.124. The first-order valence-electron chi connectivity index (χ1n) is 10.9. The summed E-state index contributed by atoms with van der Waals surface area (Å²) >= 11 is 0. The third kappa shape index (κ3) is 6.48. The molecule has 172 valence electrons. The molecule has 1 amide bonds. The molecule has 2 atom stereocenters. The molecule has 0 bridgehead atoms. The zero-order valence-corrected chi connectivity index (χ0v) is 21.5. The lowest BCUT2D eigenvalue weighted by Crippen LogP contribution is -2.42. The van der Waals surface area contributed by atoms with Crippen molar-refractivity contribution >= 4 is 14.4 Å². The smallest absolute Gasteiger partial charge is 0.410 e. The van der Waals surface area contributed by atoms with E-state index in [0.717, 1.165) is 17.5 Å². The van der Waals surface area contributed by atoms with E-state index in [1.807, 2.05) is 26.8 Å². The van der Waals surface area contributed by atoms with Crippen molar-refractivity contribution in [2.45, 2.75) is 84.3 Å². The molecule has 2 rings (SSSR count). The van der Waals surface area contributed by atoms with E-state index in [-0.39, 0.29) is 23.1 Å². The number of ether oxygens (including phenoxy) is 1. The predicted molar refractivity (Wildman–Crippen MR) is 126 cm³/mol. The lowest BCUT2D eigenvalue weighted by atomic mass is 10.0. The van der Waals surface area contributed by atoms with Crippen molar-refractivity contribution in [1.82, 2.24) is 4.90 Å². The van der Waals surface area contributed by atoms with Gasteiger partial charge in [0.05, 0.1) is 6.04 Å². The number of amides is 1. The molecule has 0 heterocycles. The number of hydrogen-bond donors (Lipinski definition) is 0. The Morgan fingerprint density at radius 2 is 1.90 bits per heavy atom. The first kappa shape index (κ1) is 25.2. The minimum absolute atomic E-state index is 0.124. The molecule has 0 unspecified atom stereocenters. The van der Waals surface area contributed by atoms with Gasteiger partial charge in [-0.15, -0.1) is 0 Å². The average molecular weight is 447 g/mol. The van der Waals surface area contributed by atoms with Crippen LogP contribution in [0.1, 0.15) is 64.3 Å². The van der Waals surface area contributed by atoms with Gasteiger partial charge in [0.1, 0.15) is 5.60 Å². The Hall–Kier alpha value is -2.02. The standard InChI is InChI=1S/C23H38N4O3Si/c1-22(2,3)30-21(28)27(7)14-16-10-11-17-13-18(20(25-26-24)19(17)12-16)15-29-31(8,9)23(4,5)6/h10-12,18,20H,13-15H2,1-9H3/t18-,20-/m1/s1. The van der Waals surface area contributed by atoms with E-state index in [2.05, 4.69) is 56.0 Å². The monoisotopic (exact) mass is 446 g/mol. The maximum absolute atomic E-state index is 12.3. The van der Waals surface area contributed by atoms with Crippen LogP contribution in [0, 0.1) is 5.92 Å². The van der Waals surface area contributed by atoms with E-state index in [9.17, 15) is 10.3 Å². The number of fused-ring (bicyclic) bond motifs is 1. The summed E-state index contributed by atoms with van der Waals surface area (Å²) in [5, 5.41) is 4.25. The molecule has 1 aliphatic rings. The van der Waals surface area contributed by atoms with E-state index in [1.54, 1.807) is 11.9 Å². The second-order valence-electron chi connectivity index (χ2n) is 11.1. The molecule has 0 aliphatic heterocycles. The third-order valence-corrected chi connectivity index (χ3v) is 10.7. The van der Waals surface area contributed by atoms with Gasteiger partial charge in [-0.1, -0.05) is 44.1 Å². The van der Waals surface area contributed by atoms with Crippen LogP contribution in [-0.4, -0.2) is 38.6 Å². The highest BCUT2D eigenvalue weighted by Crippen LogP contribution is 2.42. The largest absolute Gasteiger partial charge is 0.444 e. The number of hydrogen-bond acceptors (Lipinski definition) is 4. The van der Waals surface area contributed by atoms with Crippen LogP contribution >= 0.6 is 0 Å². The molecule has 0 fully saturated rings. The molecule has 0 aromatic heterocycles. The van der Waals surface area contributed by atoms with Crippen LogP contribution in [0.25, 0.3) is 10.4 Å². The number of carbonyl (C=O) groups is 1. The lowest BCUT2D eigenvalue weighted by molar-refractivity contribution is 0.0285. The molecule has 7 nitrogen and oxygen atoms in total. The first-order valence-corrected chi connectivity index (χ1v) is 13.8. The molecular formula is C23H38N4O3Si. The molecule has 0 spiro atoms. The minimum Gasteiger partial charge on any atom is -0.444 e. The van der Waals surface area contributed by atoms with Gasteiger partial charge in [-0.25, -0.2) is 4.79 Å². The van der Waals surface area contributed by atoms with E-state index in [4.69, 9.17) is 9.16 Å². The minimum atomic E-state index is -1.89. The summed E-state index contributed by atoms with van der Waals surface area (Å²) < 4.78 is 11.9. The van der Waals surface area contributed by atoms with Gasteiger partial charge in [-0.05, 0) is 73.5 Å². The molecule has 1 aliphatic carbocycles. The van der Waals surface area contributed by atoms with Crippen molar-refractivity contribution < 1.29 is 14.0 Å². The van der Waals surface area contributed by atoms with Gasteiger partial charge in [0.2, 0.25) is 0 Å². The van der Waals surface area contributed by atoms with Crippen molar-refractivity contribution in [3.8, 4) is 0 Å². The maximum atomic E-state index is 12.3. The highest BCUT2D eigenvalue weighted by Gasteiger charge is 2.40. The normalized spacial score (nSPS) is 18.9. The van der Waals surface area contributed by atoms with E-state index in [1.165, 1.54) is 5.56 Å². The van der Waals surface area contributed by atoms with Crippen LogP contribution in [0.15, 0.2) is 23.3 Å². The maximum Gasteiger partial charge on any atom is 0.410 e. The summed E-state index contributed by atoms with van der Waals surface area (Å²) in [6.07, 6.45) is 0.468. The van der Waals surface area contributed by atoms with Gasteiger partial charge >= 0.3 is 6.09 Å². The quantitative estimate of drug-likeness (QED) is 0.213. The number of nitrogens with zero attached hydrogens (tertiary/aromatic N) is 4. The Morgan fingerprint density at radius 3 is 2.45 bits per heavy atom. The topological polar surface area (TPSA) is 87.5 Å². The van der Waals surface area contributed by atoms with Crippen LogP contribution in [-0.2, 0) is 22.1 Å². The summed E-state index contributed by atoms with van der Waals surface area (Å²) in [7, 11) is -0.162. The number of azide groups is 1. The second-order valence-corrected chi connectivity index (χ2v) is 15.9. The summed E-state index contributed by atoms with van der Waals surface area (Å²) in [4.78, 5) is 17.0. The van der Waals surface area contributed by atoms with E-state index >= 15 is 0 Å².